The Labute approximate surface area is 58.9 Å². The summed E-state index contributed by atoms with van der Waals surface area (Å²) in [5.41, 5.74) is 0. The van der Waals surface area contributed by atoms with E-state index in [4.69, 9.17) is 4.74 Å². The van der Waals surface area contributed by atoms with Gasteiger partial charge >= 0.3 is 5.97 Å². The summed E-state index contributed by atoms with van der Waals surface area (Å²) in [6.45, 7) is 2.03. The van der Waals surface area contributed by atoms with E-state index < -0.39 is 0 Å². The molecule has 0 rings (SSSR count). The van der Waals surface area contributed by atoms with Crippen LogP contribution in [-0.4, -0.2) is 30.8 Å². The first-order valence-electron chi connectivity index (χ1n) is 2.91. The summed E-state index contributed by atoms with van der Waals surface area (Å²) >= 11 is 0. The minimum atomic E-state index is -0.174. The largest absolute Gasteiger partial charge is 0.465 e. The highest BCUT2D eigenvalue weighted by Gasteiger charge is 1.92. The van der Waals surface area contributed by atoms with Crippen molar-refractivity contribution in [2.24, 2.45) is 0 Å². The minimum absolute atomic E-state index is 0.0917. The van der Waals surface area contributed by atoms with E-state index in [9.17, 15) is 4.79 Å². The molecule has 0 saturated carbocycles. The van der Waals surface area contributed by atoms with Crippen molar-refractivity contribution in [1.82, 2.24) is 0 Å². The zero-order valence-electron chi connectivity index (χ0n) is 6.18. The third kappa shape index (κ3) is 7.82. The number of thiol groups is 1. The number of ether oxygens (including phenoxy) is 1. The van der Waals surface area contributed by atoms with Crippen molar-refractivity contribution in [3.63, 3.8) is 0 Å². The Morgan fingerprint density at radius 2 is 2.11 bits per heavy atom. The first kappa shape index (κ1) is 8.82. The highest BCUT2D eigenvalue weighted by molar-refractivity contribution is 8.15. The molecule has 0 fully saturated rings. The lowest BCUT2D eigenvalue weighted by atomic mass is 10.8. The predicted octanol–water partition coefficient (Wildman–Crippen LogP) is 0.810. The highest BCUT2D eigenvalue weighted by atomic mass is 32.2. The predicted molar refractivity (Wildman–Crippen MR) is 42.3 cm³/mol. The molecule has 0 amide bonds. The van der Waals surface area contributed by atoms with Gasteiger partial charge in [-0.1, -0.05) is 0 Å². The Morgan fingerprint density at radius 3 is 2.44 bits per heavy atom. The number of hydrogen-bond acceptors (Lipinski definition) is 2. The van der Waals surface area contributed by atoms with Crippen molar-refractivity contribution in [3.8, 4) is 0 Å². The molecule has 0 aromatic rings. The highest BCUT2D eigenvalue weighted by Crippen LogP contribution is 2.10. The first-order chi connectivity index (χ1) is 4.13. The summed E-state index contributed by atoms with van der Waals surface area (Å²) in [7, 11) is 0.0917. The topological polar surface area (TPSA) is 26.3 Å². The van der Waals surface area contributed by atoms with E-state index in [0.717, 1.165) is 5.75 Å². The van der Waals surface area contributed by atoms with Crippen molar-refractivity contribution >= 4 is 16.9 Å². The fourth-order valence-corrected chi connectivity index (χ4v) is 0.828. The first-order valence-corrected chi connectivity index (χ1v) is 5.33. The lowest BCUT2D eigenvalue weighted by Gasteiger charge is -2.07. The fraction of sp³-hybridized carbons (Fsp3) is 0.833. The third-order valence-corrected chi connectivity index (χ3v) is 1.92. The van der Waals surface area contributed by atoms with Gasteiger partial charge in [-0.15, -0.1) is 0 Å². The average Bonchev–Trinajstić information content (AvgIpc) is 1.63. The van der Waals surface area contributed by atoms with Crippen molar-refractivity contribution in [1.29, 1.82) is 0 Å². The molecule has 3 heteroatoms. The Hall–Kier alpha value is -0.180. The second kappa shape index (κ2) is 4.68. The molecular formula is C6H14O2S. The Bertz CT molecular complexity index is 91.1. The van der Waals surface area contributed by atoms with Gasteiger partial charge in [-0.2, -0.15) is 0 Å². The molecule has 0 aromatic carbocycles. The molecule has 0 aliphatic rings. The molecule has 0 heterocycles. The number of carbonyl (C=O) groups excluding carboxylic acids is 1. The van der Waals surface area contributed by atoms with Gasteiger partial charge in [0.25, 0.3) is 0 Å². The van der Waals surface area contributed by atoms with Crippen LogP contribution < -0.4 is 0 Å². The summed E-state index contributed by atoms with van der Waals surface area (Å²) in [5.74, 6) is 0.849. The van der Waals surface area contributed by atoms with Crippen molar-refractivity contribution in [2.45, 2.75) is 6.92 Å². The maximum absolute atomic E-state index is 10.2. The molecule has 0 atom stereocenters. The molecule has 0 N–H and O–H groups in total. The van der Waals surface area contributed by atoms with Crippen LogP contribution in [0.25, 0.3) is 0 Å². The molecule has 0 radical (unpaired) electrons. The van der Waals surface area contributed by atoms with E-state index in [1.165, 1.54) is 6.92 Å². The maximum atomic E-state index is 10.2. The summed E-state index contributed by atoms with van der Waals surface area (Å²) in [6.07, 6.45) is 4.33. The maximum Gasteiger partial charge on any atom is 0.302 e. The molecule has 0 aromatic heterocycles. The van der Waals surface area contributed by atoms with Gasteiger partial charge in [0.1, 0.15) is 0 Å². The molecule has 56 valence electrons. The summed E-state index contributed by atoms with van der Waals surface area (Å²) < 4.78 is 4.73. The second-order valence-corrected chi connectivity index (χ2v) is 4.75. The average molecular weight is 150 g/mol. The monoisotopic (exact) mass is 150 g/mol. The molecule has 2 nitrogen and oxygen atoms in total. The van der Waals surface area contributed by atoms with Crippen LogP contribution in [0.5, 0.6) is 0 Å². The van der Waals surface area contributed by atoms with Crippen molar-refractivity contribution < 1.29 is 9.53 Å². The Balaban J connectivity index is 3.01. The molecular weight excluding hydrogens is 136 g/mol. The van der Waals surface area contributed by atoms with E-state index in [-0.39, 0.29) is 16.9 Å². The molecule has 0 unspecified atom stereocenters. The zero-order valence-corrected chi connectivity index (χ0v) is 7.07. The van der Waals surface area contributed by atoms with Gasteiger partial charge in [0.15, 0.2) is 0 Å². The summed E-state index contributed by atoms with van der Waals surface area (Å²) in [5, 5.41) is 0. The lowest BCUT2D eigenvalue weighted by Crippen LogP contribution is -2.03. The smallest absolute Gasteiger partial charge is 0.302 e. The normalized spacial score (nSPS) is 10.8. The van der Waals surface area contributed by atoms with Gasteiger partial charge in [-0.3, -0.25) is 15.7 Å². The zero-order chi connectivity index (χ0) is 7.28. The van der Waals surface area contributed by atoms with Gasteiger partial charge in [-0.05, 0) is 12.5 Å². The quantitative estimate of drug-likeness (QED) is 0.476. The Morgan fingerprint density at radius 1 is 1.56 bits per heavy atom. The molecule has 0 bridgehead atoms. The lowest BCUT2D eigenvalue weighted by molar-refractivity contribution is -0.140. The van der Waals surface area contributed by atoms with E-state index in [0.29, 0.717) is 6.61 Å². The molecule has 9 heavy (non-hydrogen) atoms. The number of rotatable bonds is 3. The van der Waals surface area contributed by atoms with Crippen LogP contribution in [-0.2, 0) is 9.53 Å². The second-order valence-electron chi connectivity index (χ2n) is 2.14. The van der Waals surface area contributed by atoms with Gasteiger partial charge in [0.05, 0.1) is 6.61 Å². The molecule has 0 aliphatic carbocycles. The van der Waals surface area contributed by atoms with E-state index in [1.54, 1.807) is 0 Å². The van der Waals surface area contributed by atoms with Gasteiger partial charge in [0.2, 0.25) is 0 Å². The van der Waals surface area contributed by atoms with Crippen molar-refractivity contribution in [3.05, 3.63) is 0 Å². The molecule has 0 aliphatic heterocycles. The minimum Gasteiger partial charge on any atom is -0.465 e. The fourth-order valence-electron chi connectivity index (χ4n) is 0.372. The Kier molecular flexibility index (Phi) is 4.58. The van der Waals surface area contributed by atoms with E-state index >= 15 is 0 Å². The number of hydrogen-bond donors (Lipinski definition) is 1. The number of esters is 1. The van der Waals surface area contributed by atoms with Crippen LogP contribution in [0, 0.1) is 0 Å². The standard InChI is InChI=1S/C6H14O2S/c1-6(7)8-4-5-9(2)3/h9H,4-5H2,1-3H3. The van der Waals surface area contributed by atoms with Gasteiger partial charge in [0, 0.05) is 12.7 Å². The van der Waals surface area contributed by atoms with E-state index in [1.807, 2.05) is 0 Å². The third-order valence-electron chi connectivity index (χ3n) is 0.844. The van der Waals surface area contributed by atoms with Crippen LogP contribution in [0.2, 0.25) is 0 Å². The molecule has 0 saturated heterocycles. The van der Waals surface area contributed by atoms with Crippen LogP contribution in [0.15, 0.2) is 0 Å². The summed E-state index contributed by atoms with van der Waals surface area (Å²) in [6, 6.07) is 0. The van der Waals surface area contributed by atoms with Crippen LogP contribution in [0.4, 0.5) is 0 Å². The molecule has 0 spiro atoms. The van der Waals surface area contributed by atoms with E-state index in [2.05, 4.69) is 12.5 Å². The SMILES string of the molecule is CC(=O)OCC[SH](C)C. The van der Waals surface area contributed by atoms with Crippen LogP contribution >= 0.6 is 10.9 Å². The van der Waals surface area contributed by atoms with Gasteiger partial charge < -0.3 is 4.74 Å². The summed E-state index contributed by atoms with van der Waals surface area (Å²) in [4.78, 5) is 10.2. The van der Waals surface area contributed by atoms with Crippen LogP contribution in [0.1, 0.15) is 6.92 Å². The number of carbonyl (C=O) groups is 1. The van der Waals surface area contributed by atoms with Crippen molar-refractivity contribution in [2.75, 3.05) is 24.9 Å². The van der Waals surface area contributed by atoms with Crippen LogP contribution in [0.3, 0.4) is 0 Å². The van der Waals surface area contributed by atoms with Gasteiger partial charge in [-0.25, -0.2) is 0 Å².